The molecule has 0 N–H and O–H groups in total. The van der Waals surface area contributed by atoms with Crippen molar-refractivity contribution in [2.45, 2.75) is 20.4 Å². The Morgan fingerprint density at radius 3 is 2.46 bits per heavy atom. The molecule has 1 amide bonds. The van der Waals surface area contributed by atoms with Gasteiger partial charge in [-0.1, -0.05) is 17.7 Å². The van der Waals surface area contributed by atoms with E-state index in [0.717, 1.165) is 18.8 Å². The number of hydrogen-bond donors (Lipinski definition) is 0. The Kier molecular flexibility index (Phi) is 5.10. The fourth-order valence-corrected chi connectivity index (χ4v) is 2.62. The zero-order valence-corrected chi connectivity index (χ0v) is 14.1. The molecule has 0 unspecified atom stereocenters. The van der Waals surface area contributed by atoms with Gasteiger partial charge in [0.05, 0.1) is 6.54 Å². The molecule has 1 saturated heterocycles. The van der Waals surface area contributed by atoms with Gasteiger partial charge in [-0.05, 0) is 19.1 Å². The van der Waals surface area contributed by atoms with Gasteiger partial charge in [0.2, 0.25) is 11.8 Å². The summed E-state index contributed by atoms with van der Waals surface area (Å²) < 4.78 is 11.0. The molecule has 0 radical (unpaired) electrons. The van der Waals surface area contributed by atoms with Gasteiger partial charge in [-0.3, -0.25) is 9.69 Å². The molecule has 7 nitrogen and oxygen atoms in total. The zero-order chi connectivity index (χ0) is 16.9. The van der Waals surface area contributed by atoms with E-state index in [1.165, 1.54) is 5.56 Å². The zero-order valence-electron chi connectivity index (χ0n) is 14.1. The van der Waals surface area contributed by atoms with Gasteiger partial charge in [-0.2, -0.15) is 0 Å². The Morgan fingerprint density at radius 2 is 1.83 bits per heavy atom. The van der Waals surface area contributed by atoms with Gasteiger partial charge in [-0.15, -0.1) is 10.2 Å². The molecule has 0 spiro atoms. The van der Waals surface area contributed by atoms with Crippen LogP contribution >= 0.6 is 0 Å². The predicted molar refractivity (Wildman–Crippen MR) is 87.6 cm³/mol. The Hall–Kier alpha value is -2.41. The Labute approximate surface area is 141 Å². The summed E-state index contributed by atoms with van der Waals surface area (Å²) in [7, 11) is 0. The second-order valence-electron chi connectivity index (χ2n) is 5.97. The number of amides is 1. The minimum atomic E-state index is 0.0175. The summed E-state index contributed by atoms with van der Waals surface area (Å²) in [5.74, 6) is 1.94. The molecule has 0 saturated carbocycles. The number of ether oxygens (including phenoxy) is 1. The van der Waals surface area contributed by atoms with Gasteiger partial charge in [0, 0.05) is 33.1 Å². The predicted octanol–water partition coefficient (Wildman–Crippen LogP) is 1.41. The molecule has 1 aromatic carbocycles. The van der Waals surface area contributed by atoms with E-state index in [-0.39, 0.29) is 12.5 Å². The summed E-state index contributed by atoms with van der Waals surface area (Å²) >= 11 is 0. The van der Waals surface area contributed by atoms with E-state index in [1.54, 1.807) is 6.92 Å². The fourth-order valence-electron chi connectivity index (χ4n) is 2.62. The van der Waals surface area contributed by atoms with Crippen LogP contribution in [0.4, 0.5) is 0 Å². The first-order chi connectivity index (χ1) is 11.6. The van der Waals surface area contributed by atoms with E-state index in [9.17, 15) is 4.79 Å². The van der Waals surface area contributed by atoms with Gasteiger partial charge in [0.15, 0.2) is 6.61 Å². The Bertz CT molecular complexity index is 675. The maximum absolute atomic E-state index is 12.2. The number of hydrogen-bond acceptors (Lipinski definition) is 6. The molecule has 1 aliphatic rings. The van der Waals surface area contributed by atoms with E-state index in [0.29, 0.717) is 31.4 Å². The van der Waals surface area contributed by atoms with Gasteiger partial charge in [-0.25, -0.2) is 0 Å². The lowest BCUT2D eigenvalue weighted by Gasteiger charge is -2.33. The second-order valence-corrected chi connectivity index (χ2v) is 5.97. The largest absolute Gasteiger partial charge is 0.484 e. The number of rotatable bonds is 5. The maximum Gasteiger partial charge on any atom is 0.260 e. The molecule has 7 heteroatoms. The van der Waals surface area contributed by atoms with E-state index in [2.05, 4.69) is 15.1 Å². The Balaban J connectivity index is 1.42. The second kappa shape index (κ2) is 7.44. The van der Waals surface area contributed by atoms with Crippen LogP contribution in [0.25, 0.3) is 0 Å². The van der Waals surface area contributed by atoms with Crippen molar-refractivity contribution in [3.8, 4) is 5.75 Å². The van der Waals surface area contributed by atoms with Crippen LogP contribution in [-0.2, 0) is 11.3 Å². The third-order valence-electron chi connectivity index (χ3n) is 4.04. The average molecular weight is 330 g/mol. The minimum absolute atomic E-state index is 0.0175. The van der Waals surface area contributed by atoms with Crippen molar-refractivity contribution in [3.63, 3.8) is 0 Å². The minimum Gasteiger partial charge on any atom is -0.484 e. The molecule has 3 rings (SSSR count). The lowest BCUT2D eigenvalue weighted by atomic mass is 10.2. The maximum atomic E-state index is 12.2. The molecule has 2 heterocycles. The molecule has 1 aliphatic heterocycles. The number of carbonyl (C=O) groups is 1. The van der Waals surface area contributed by atoms with Crippen molar-refractivity contribution < 1.29 is 13.9 Å². The van der Waals surface area contributed by atoms with Crippen molar-refractivity contribution in [2.24, 2.45) is 0 Å². The summed E-state index contributed by atoms with van der Waals surface area (Å²) in [4.78, 5) is 16.3. The first kappa shape index (κ1) is 16.4. The van der Waals surface area contributed by atoms with Crippen molar-refractivity contribution in [3.05, 3.63) is 41.6 Å². The number of aryl methyl sites for hydroxylation is 2. The van der Waals surface area contributed by atoms with E-state index in [4.69, 9.17) is 9.15 Å². The van der Waals surface area contributed by atoms with Crippen LogP contribution in [0.3, 0.4) is 0 Å². The first-order valence-electron chi connectivity index (χ1n) is 8.09. The highest BCUT2D eigenvalue weighted by Crippen LogP contribution is 2.12. The molecule has 0 atom stereocenters. The molecule has 0 aliphatic carbocycles. The number of benzene rings is 1. The first-order valence-corrected chi connectivity index (χ1v) is 8.09. The van der Waals surface area contributed by atoms with Crippen LogP contribution in [0.15, 0.2) is 28.7 Å². The van der Waals surface area contributed by atoms with Crippen LogP contribution in [-0.4, -0.2) is 58.7 Å². The number of piperazine rings is 1. The van der Waals surface area contributed by atoms with Crippen LogP contribution in [0.1, 0.15) is 17.3 Å². The van der Waals surface area contributed by atoms with Crippen molar-refractivity contribution in [2.75, 3.05) is 32.8 Å². The van der Waals surface area contributed by atoms with Crippen molar-refractivity contribution >= 4 is 5.91 Å². The molecule has 1 aromatic heterocycles. The third kappa shape index (κ3) is 4.32. The lowest BCUT2D eigenvalue weighted by Crippen LogP contribution is -2.49. The molecule has 24 heavy (non-hydrogen) atoms. The summed E-state index contributed by atoms with van der Waals surface area (Å²) in [6.07, 6.45) is 0. The van der Waals surface area contributed by atoms with Gasteiger partial charge in [0.25, 0.3) is 5.91 Å². The molecule has 1 fully saturated rings. The summed E-state index contributed by atoms with van der Waals surface area (Å²) in [5.41, 5.74) is 1.17. The quantitative estimate of drug-likeness (QED) is 0.825. The number of aromatic nitrogens is 2. The van der Waals surface area contributed by atoms with Crippen LogP contribution < -0.4 is 4.74 Å². The molecule has 2 aromatic rings. The van der Waals surface area contributed by atoms with E-state index < -0.39 is 0 Å². The smallest absolute Gasteiger partial charge is 0.260 e. The molecule has 0 bridgehead atoms. The highest BCUT2D eigenvalue weighted by atomic mass is 16.5. The Morgan fingerprint density at radius 1 is 1.12 bits per heavy atom. The van der Waals surface area contributed by atoms with Crippen LogP contribution in [0.2, 0.25) is 0 Å². The summed E-state index contributed by atoms with van der Waals surface area (Å²) in [5, 5.41) is 7.83. The monoisotopic (exact) mass is 330 g/mol. The van der Waals surface area contributed by atoms with Crippen molar-refractivity contribution in [1.29, 1.82) is 0 Å². The molecular weight excluding hydrogens is 308 g/mol. The lowest BCUT2D eigenvalue weighted by molar-refractivity contribution is -0.135. The van der Waals surface area contributed by atoms with Crippen LogP contribution in [0.5, 0.6) is 5.75 Å². The highest BCUT2D eigenvalue weighted by molar-refractivity contribution is 5.77. The normalized spacial score (nSPS) is 15.5. The average Bonchev–Trinajstić information content (AvgIpc) is 2.99. The standard InChI is InChI=1S/C17H22N4O3/c1-13-3-5-15(6-4-13)23-12-17(22)21-9-7-20(8-10-21)11-16-19-18-14(2)24-16/h3-6H,7-12H2,1-2H3. The van der Waals surface area contributed by atoms with Crippen molar-refractivity contribution in [1.82, 2.24) is 20.0 Å². The SMILES string of the molecule is Cc1ccc(OCC(=O)N2CCN(Cc3nnc(C)o3)CC2)cc1. The topological polar surface area (TPSA) is 71.7 Å². The number of carbonyl (C=O) groups excluding carboxylic acids is 1. The fraction of sp³-hybridized carbons (Fsp3) is 0.471. The summed E-state index contributed by atoms with van der Waals surface area (Å²) in [6, 6.07) is 7.70. The molecular formula is C17H22N4O3. The van der Waals surface area contributed by atoms with Crippen LogP contribution in [0, 0.1) is 13.8 Å². The third-order valence-corrected chi connectivity index (χ3v) is 4.04. The van der Waals surface area contributed by atoms with Gasteiger partial charge in [0.1, 0.15) is 5.75 Å². The summed E-state index contributed by atoms with van der Waals surface area (Å²) in [6.45, 7) is 7.45. The highest BCUT2D eigenvalue weighted by Gasteiger charge is 2.22. The number of nitrogens with zero attached hydrogens (tertiary/aromatic N) is 4. The van der Waals surface area contributed by atoms with E-state index in [1.807, 2.05) is 36.1 Å². The van der Waals surface area contributed by atoms with Gasteiger partial charge >= 0.3 is 0 Å². The van der Waals surface area contributed by atoms with Gasteiger partial charge < -0.3 is 14.1 Å². The molecule has 128 valence electrons. The van der Waals surface area contributed by atoms with E-state index >= 15 is 0 Å².